The normalized spacial score (nSPS) is 15.7. The fraction of sp³-hybridized carbons (Fsp3) is 0.476. The summed E-state index contributed by atoms with van der Waals surface area (Å²) in [5.41, 5.74) is 2.17. The molecular formula is C21H24ClF7N4O4. The van der Waals surface area contributed by atoms with Crippen LogP contribution in [0.4, 0.5) is 30.7 Å². The van der Waals surface area contributed by atoms with Crippen LogP contribution in [-0.2, 0) is 22.7 Å². The first-order valence-electron chi connectivity index (χ1n) is 10.3. The molecule has 1 aliphatic rings. The van der Waals surface area contributed by atoms with E-state index in [1.165, 1.54) is 11.8 Å². The molecular weight excluding hydrogens is 541 g/mol. The summed E-state index contributed by atoms with van der Waals surface area (Å²) < 4.78 is 79.4. The first-order chi connectivity index (χ1) is 16.9. The van der Waals surface area contributed by atoms with E-state index in [1.54, 1.807) is 6.07 Å². The van der Waals surface area contributed by atoms with Crippen molar-refractivity contribution >= 4 is 23.5 Å². The van der Waals surface area contributed by atoms with Gasteiger partial charge in [-0.25, -0.2) is 19.0 Å². The SMILES string of the molecule is CN(C)CCC1CN(Cc2ccc(Cl)c(F)c2)Cc2cncn21.O=C(O)C(F)(F)F.O=C(O)C(F)(F)F. The molecule has 0 aliphatic carbocycles. The molecule has 2 aromatic rings. The molecule has 0 saturated heterocycles. The van der Waals surface area contributed by atoms with Gasteiger partial charge in [0.25, 0.3) is 0 Å². The lowest BCUT2D eigenvalue weighted by Gasteiger charge is -2.35. The van der Waals surface area contributed by atoms with Crippen molar-refractivity contribution in [2.75, 3.05) is 27.2 Å². The van der Waals surface area contributed by atoms with Crippen LogP contribution in [0, 0.1) is 5.82 Å². The Balaban J connectivity index is 0.000000404. The quantitative estimate of drug-likeness (QED) is 0.518. The van der Waals surface area contributed by atoms with Crippen molar-refractivity contribution in [1.29, 1.82) is 0 Å². The highest BCUT2D eigenvalue weighted by Gasteiger charge is 2.38. The van der Waals surface area contributed by atoms with Gasteiger partial charge in [0.2, 0.25) is 0 Å². The fourth-order valence-electron chi connectivity index (χ4n) is 3.12. The molecule has 8 nitrogen and oxygen atoms in total. The van der Waals surface area contributed by atoms with Gasteiger partial charge in [0.1, 0.15) is 5.82 Å². The largest absolute Gasteiger partial charge is 0.490 e. The second-order valence-electron chi connectivity index (χ2n) is 8.06. The lowest BCUT2D eigenvalue weighted by Crippen LogP contribution is -2.37. The highest BCUT2D eigenvalue weighted by molar-refractivity contribution is 6.30. The van der Waals surface area contributed by atoms with E-state index in [0.29, 0.717) is 6.04 Å². The van der Waals surface area contributed by atoms with Crippen LogP contribution in [0.2, 0.25) is 5.02 Å². The van der Waals surface area contributed by atoms with Crippen LogP contribution in [0.3, 0.4) is 0 Å². The number of alkyl halides is 6. The molecule has 1 unspecified atom stereocenters. The summed E-state index contributed by atoms with van der Waals surface area (Å²) in [6.45, 7) is 3.54. The minimum Gasteiger partial charge on any atom is -0.475 e. The number of aromatic nitrogens is 2. The van der Waals surface area contributed by atoms with Crippen molar-refractivity contribution in [3.63, 3.8) is 0 Å². The zero-order chi connectivity index (χ0) is 28.6. The fourth-order valence-corrected chi connectivity index (χ4v) is 3.23. The number of hydrogen-bond acceptors (Lipinski definition) is 5. The Bertz CT molecular complexity index is 1020. The number of hydrogen-bond donors (Lipinski definition) is 2. The summed E-state index contributed by atoms with van der Waals surface area (Å²) >= 11 is 5.76. The van der Waals surface area contributed by atoms with Gasteiger partial charge in [-0.2, -0.15) is 26.3 Å². The second-order valence-corrected chi connectivity index (χ2v) is 8.47. The Morgan fingerprint density at radius 1 is 1.11 bits per heavy atom. The van der Waals surface area contributed by atoms with Crippen LogP contribution in [0.25, 0.3) is 0 Å². The summed E-state index contributed by atoms with van der Waals surface area (Å²) in [7, 11) is 4.18. The molecule has 0 bridgehead atoms. The third-order valence-electron chi connectivity index (χ3n) is 4.78. The lowest BCUT2D eigenvalue weighted by molar-refractivity contribution is -0.193. The van der Waals surface area contributed by atoms with Gasteiger partial charge in [-0.05, 0) is 44.8 Å². The van der Waals surface area contributed by atoms with Gasteiger partial charge in [0.05, 0.1) is 17.0 Å². The summed E-state index contributed by atoms with van der Waals surface area (Å²) in [6, 6.07) is 5.46. The van der Waals surface area contributed by atoms with Crippen LogP contribution in [0.1, 0.15) is 23.7 Å². The molecule has 2 N–H and O–H groups in total. The lowest BCUT2D eigenvalue weighted by atomic mass is 10.1. The average molecular weight is 565 g/mol. The van der Waals surface area contributed by atoms with E-state index in [0.717, 1.165) is 38.2 Å². The van der Waals surface area contributed by atoms with Gasteiger partial charge in [-0.1, -0.05) is 17.7 Å². The molecule has 0 radical (unpaired) electrons. The number of fused-ring (bicyclic) bond motifs is 1. The zero-order valence-electron chi connectivity index (χ0n) is 19.5. The summed E-state index contributed by atoms with van der Waals surface area (Å²) in [4.78, 5) is 26.6. The summed E-state index contributed by atoms with van der Waals surface area (Å²) in [6.07, 6.45) is -5.24. The van der Waals surface area contributed by atoms with E-state index in [4.69, 9.17) is 31.4 Å². The molecule has 16 heteroatoms. The molecule has 0 fully saturated rings. The Morgan fingerprint density at radius 3 is 2.11 bits per heavy atom. The number of rotatable bonds is 5. The minimum atomic E-state index is -5.08. The van der Waals surface area contributed by atoms with E-state index >= 15 is 0 Å². The van der Waals surface area contributed by atoms with Crippen molar-refractivity contribution in [1.82, 2.24) is 19.4 Å². The maximum Gasteiger partial charge on any atom is 0.490 e. The zero-order valence-corrected chi connectivity index (χ0v) is 20.3. The number of aliphatic carboxylic acids is 2. The number of carbonyl (C=O) groups is 2. The molecule has 1 aromatic carbocycles. The molecule has 1 atom stereocenters. The van der Waals surface area contributed by atoms with E-state index in [2.05, 4.69) is 33.4 Å². The van der Waals surface area contributed by atoms with Gasteiger partial charge in [0, 0.05) is 31.9 Å². The topological polar surface area (TPSA) is 98.9 Å². The van der Waals surface area contributed by atoms with Crippen molar-refractivity contribution in [2.45, 2.75) is 37.9 Å². The third-order valence-corrected chi connectivity index (χ3v) is 5.09. The molecule has 37 heavy (non-hydrogen) atoms. The molecule has 3 rings (SSSR count). The predicted molar refractivity (Wildman–Crippen MR) is 117 cm³/mol. The van der Waals surface area contributed by atoms with Gasteiger partial charge >= 0.3 is 24.3 Å². The number of nitrogens with zero attached hydrogens (tertiary/aromatic N) is 4. The number of carboxylic acids is 2. The monoisotopic (exact) mass is 564 g/mol. The van der Waals surface area contributed by atoms with E-state index in [9.17, 15) is 30.7 Å². The van der Waals surface area contributed by atoms with Crippen LogP contribution in [0.5, 0.6) is 0 Å². The van der Waals surface area contributed by atoms with Crippen LogP contribution in [0.15, 0.2) is 30.7 Å². The number of carboxylic acid groups (broad SMARTS) is 2. The van der Waals surface area contributed by atoms with Crippen molar-refractivity contribution in [3.8, 4) is 0 Å². The Morgan fingerprint density at radius 2 is 1.65 bits per heavy atom. The molecule has 0 saturated carbocycles. The number of halogens is 8. The first kappa shape index (κ1) is 32.1. The molecule has 0 spiro atoms. The van der Waals surface area contributed by atoms with Crippen molar-refractivity contribution < 1.29 is 50.5 Å². The van der Waals surface area contributed by atoms with E-state index in [1.807, 2.05) is 18.6 Å². The highest BCUT2D eigenvalue weighted by Crippen LogP contribution is 2.26. The standard InChI is InChI=1S/C17H22ClFN4.2C2HF3O2/c1-21(2)6-5-14-10-22(11-15-8-20-12-23(14)15)9-13-3-4-16(18)17(19)7-13;2*3-2(4,5)1(6)7/h3-4,7-8,12,14H,5-6,9-11H2,1-2H3;2*(H,6,7). The van der Waals surface area contributed by atoms with Crippen LogP contribution >= 0.6 is 11.6 Å². The first-order valence-corrected chi connectivity index (χ1v) is 10.7. The smallest absolute Gasteiger partial charge is 0.475 e. The van der Waals surface area contributed by atoms with Crippen molar-refractivity contribution in [3.05, 3.63) is 52.8 Å². The summed E-state index contributed by atoms with van der Waals surface area (Å²) in [5, 5.41) is 14.4. The number of benzene rings is 1. The van der Waals surface area contributed by atoms with Gasteiger partial charge in [0.15, 0.2) is 0 Å². The Kier molecular flexibility index (Phi) is 11.8. The summed E-state index contributed by atoms with van der Waals surface area (Å²) in [5.74, 6) is -5.87. The third kappa shape index (κ3) is 11.3. The molecule has 1 aromatic heterocycles. The highest BCUT2D eigenvalue weighted by atomic mass is 35.5. The number of imidazole rings is 1. The van der Waals surface area contributed by atoms with Crippen LogP contribution in [-0.4, -0.2) is 81.0 Å². The van der Waals surface area contributed by atoms with Gasteiger partial charge in [-0.15, -0.1) is 0 Å². The van der Waals surface area contributed by atoms with Crippen molar-refractivity contribution in [2.24, 2.45) is 0 Å². The maximum atomic E-state index is 13.6. The molecule has 208 valence electrons. The minimum absolute atomic E-state index is 0.175. The van der Waals surface area contributed by atoms with E-state index in [-0.39, 0.29) is 10.8 Å². The second kappa shape index (κ2) is 13.6. The molecule has 2 heterocycles. The molecule has 0 amide bonds. The average Bonchev–Trinajstić information content (AvgIpc) is 3.23. The van der Waals surface area contributed by atoms with Gasteiger partial charge < -0.3 is 19.7 Å². The predicted octanol–water partition coefficient (Wildman–Crippen LogP) is 4.45. The maximum absolute atomic E-state index is 13.6. The Hall–Kier alpha value is -2.91. The van der Waals surface area contributed by atoms with Crippen LogP contribution < -0.4 is 0 Å². The van der Waals surface area contributed by atoms with E-state index < -0.39 is 24.3 Å². The van der Waals surface area contributed by atoms with Gasteiger partial charge in [-0.3, -0.25) is 4.90 Å². The Labute approximate surface area is 211 Å². The molecule has 1 aliphatic heterocycles.